The van der Waals surface area contributed by atoms with Gasteiger partial charge in [0.05, 0.1) is 0 Å². The molecule has 0 aromatic carbocycles. The third-order valence-corrected chi connectivity index (χ3v) is 4.03. The number of likely N-dealkylation sites (tertiary alicyclic amines) is 1. The highest BCUT2D eigenvalue weighted by atomic mass is 15.2. The fourth-order valence-electron chi connectivity index (χ4n) is 3.20. The minimum absolute atomic E-state index is 0.171. The van der Waals surface area contributed by atoms with Crippen LogP contribution in [0.1, 0.15) is 63.2 Å². The molecule has 0 amide bonds. The van der Waals surface area contributed by atoms with E-state index in [1.54, 1.807) is 0 Å². The van der Waals surface area contributed by atoms with Crippen LogP contribution in [0.5, 0.6) is 0 Å². The Bertz CT molecular complexity index is 270. The molecule has 96 valence electrons. The first-order valence-corrected chi connectivity index (χ1v) is 6.62. The lowest BCUT2D eigenvalue weighted by atomic mass is 9.68. The molecule has 1 saturated heterocycles. The van der Waals surface area contributed by atoms with Gasteiger partial charge in [0.15, 0.2) is 0 Å². The van der Waals surface area contributed by atoms with Crippen LogP contribution in [0.4, 0.5) is 0 Å². The van der Waals surface area contributed by atoms with Crippen molar-refractivity contribution in [2.45, 2.75) is 73.4 Å². The molecule has 0 saturated carbocycles. The zero-order valence-corrected chi connectivity index (χ0v) is 12.5. The van der Waals surface area contributed by atoms with Gasteiger partial charge in [-0.1, -0.05) is 27.7 Å². The van der Waals surface area contributed by atoms with Gasteiger partial charge < -0.3 is 0 Å². The van der Waals surface area contributed by atoms with Gasteiger partial charge in [-0.15, -0.1) is 0 Å². The third kappa shape index (κ3) is 3.00. The standard InChI is InChI=1S/C15H31N/c1-11-10-16(15(6,7)8)12(2)9-13(11)14(3,4)5/h11-13H,9-10H2,1-8H3/t11-,12+,13?/m0/s1/i11D. The number of hydrogen-bond donors (Lipinski definition) is 0. The van der Waals surface area contributed by atoms with Gasteiger partial charge in [0.1, 0.15) is 0 Å². The first kappa shape index (κ1) is 12.4. The highest BCUT2D eigenvalue weighted by Gasteiger charge is 2.40. The molecule has 1 aliphatic rings. The van der Waals surface area contributed by atoms with Crippen molar-refractivity contribution in [3.8, 4) is 0 Å². The first-order valence-electron chi connectivity index (χ1n) is 7.12. The Kier molecular flexibility index (Phi) is 3.36. The van der Waals surface area contributed by atoms with Gasteiger partial charge in [-0.05, 0) is 51.3 Å². The molecule has 1 aliphatic heterocycles. The van der Waals surface area contributed by atoms with E-state index >= 15 is 0 Å². The monoisotopic (exact) mass is 226 g/mol. The van der Waals surface area contributed by atoms with E-state index in [9.17, 15) is 0 Å². The minimum atomic E-state index is -0.335. The van der Waals surface area contributed by atoms with E-state index < -0.39 is 0 Å². The summed E-state index contributed by atoms with van der Waals surface area (Å²) < 4.78 is 8.70. The van der Waals surface area contributed by atoms with Crippen LogP contribution in [0.15, 0.2) is 0 Å². The molecular weight excluding hydrogens is 194 g/mol. The van der Waals surface area contributed by atoms with Crippen molar-refractivity contribution >= 4 is 0 Å². The van der Waals surface area contributed by atoms with Crippen LogP contribution < -0.4 is 0 Å². The van der Waals surface area contributed by atoms with Crippen molar-refractivity contribution in [2.24, 2.45) is 17.2 Å². The van der Waals surface area contributed by atoms with E-state index in [1.807, 2.05) is 0 Å². The van der Waals surface area contributed by atoms with Crippen molar-refractivity contribution in [1.82, 2.24) is 4.90 Å². The van der Waals surface area contributed by atoms with Gasteiger partial charge in [-0.25, -0.2) is 0 Å². The lowest BCUT2D eigenvalue weighted by Gasteiger charge is -2.51. The van der Waals surface area contributed by atoms with Crippen LogP contribution in [0, 0.1) is 17.2 Å². The molecule has 1 heterocycles. The van der Waals surface area contributed by atoms with Gasteiger partial charge in [0, 0.05) is 19.5 Å². The van der Waals surface area contributed by atoms with Gasteiger partial charge in [0.25, 0.3) is 0 Å². The summed E-state index contributed by atoms with van der Waals surface area (Å²) in [4.78, 5) is 2.50. The maximum Gasteiger partial charge on any atom is 0.0316 e. The maximum atomic E-state index is 8.70. The second kappa shape index (κ2) is 4.33. The van der Waals surface area contributed by atoms with Crippen molar-refractivity contribution in [1.29, 1.82) is 0 Å². The van der Waals surface area contributed by atoms with Gasteiger partial charge >= 0.3 is 0 Å². The molecule has 0 bridgehead atoms. The third-order valence-electron chi connectivity index (χ3n) is 4.03. The molecule has 0 N–H and O–H groups in total. The van der Waals surface area contributed by atoms with Crippen molar-refractivity contribution in [2.75, 3.05) is 6.54 Å². The van der Waals surface area contributed by atoms with E-state index in [2.05, 4.69) is 60.3 Å². The predicted molar refractivity (Wildman–Crippen MR) is 72.6 cm³/mol. The summed E-state index contributed by atoms with van der Waals surface area (Å²) in [6, 6.07) is 0.581. The van der Waals surface area contributed by atoms with Crippen LogP contribution >= 0.6 is 0 Å². The first-order chi connectivity index (χ1) is 7.36. The maximum absolute atomic E-state index is 8.70. The summed E-state index contributed by atoms with van der Waals surface area (Å²) in [5.41, 5.74) is 0.402. The summed E-state index contributed by atoms with van der Waals surface area (Å²) in [7, 11) is 0. The lowest BCUT2D eigenvalue weighted by Crippen LogP contribution is -2.55. The summed E-state index contributed by atoms with van der Waals surface area (Å²) in [6.07, 6.45) is 1.14. The number of piperidine rings is 1. The van der Waals surface area contributed by atoms with E-state index in [1.165, 1.54) is 0 Å². The molecule has 1 heteroatoms. The average Bonchev–Trinajstić information content (AvgIpc) is 2.04. The second-order valence-electron chi connectivity index (χ2n) is 7.65. The Morgan fingerprint density at radius 1 is 1.06 bits per heavy atom. The summed E-state index contributed by atoms with van der Waals surface area (Å²) in [5, 5.41) is 0. The Morgan fingerprint density at radius 3 is 1.94 bits per heavy atom. The fraction of sp³-hybridized carbons (Fsp3) is 1.00. The molecule has 0 spiro atoms. The normalized spacial score (nSPS) is 39.6. The summed E-state index contributed by atoms with van der Waals surface area (Å²) in [5.74, 6) is 0.140. The second-order valence-corrected chi connectivity index (χ2v) is 7.65. The number of rotatable bonds is 0. The van der Waals surface area contributed by atoms with Gasteiger partial charge in [-0.2, -0.15) is 0 Å². The molecule has 1 rings (SSSR count). The van der Waals surface area contributed by atoms with Gasteiger partial charge in [0.2, 0.25) is 0 Å². The molecule has 1 unspecified atom stereocenters. The Morgan fingerprint density at radius 2 is 1.56 bits per heavy atom. The summed E-state index contributed by atoms with van der Waals surface area (Å²) in [6.45, 7) is 19.0. The minimum Gasteiger partial charge on any atom is -0.296 e. The SMILES string of the molecule is [2H][C@]1(C)CN(C(C)(C)C)[C@H](C)CC1C(C)(C)C. The topological polar surface area (TPSA) is 3.24 Å². The molecule has 0 aliphatic carbocycles. The van der Waals surface area contributed by atoms with Crippen molar-refractivity contribution in [3.63, 3.8) is 0 Å². The predicted octanol–water partition coefficient (Wildman–Crippen LogP) is 4.18. The molecule has 0 radical (unpaired) electrons. The largest absolute Gasteiger partial charge is 0.296 e. The quantitative estimate of drug-likeness (QED) is 0.599. The van der Waals surface area contributed by atoms with Crippen molar-refractivity contribution in [3.05, 3.63) is 0 Å². The van der Waals surface area contributed by atoms with Crippen LogP contribution in [0.3, 0.4) is 0 Å². The highest BCUT2D eigenvalue weighted by Crippen LogP contribution is 2.41. The number of nitrogens with zero attached hydrogens (tertiary/aromatic N) is 1. The Hall–Kier alpha value is -0.0400. The molecule has 0 aromatic heterocycles. The Labute approximate surface area is 104 Å². The van der Waals surface area contributed by atoms with Crippen LogP contribution in [0.2, 0.25) is 0 Å². The smallest absolute Gasteiger partial charge is 0.0316 e. The molecular formula is C15H31N. The number of hydrogen-bond acceptors (Lipinski definition) is 1. The molecule has 1 fully saturated rings. The fourth-order valence-corrected chi connectivity index (χ4v) is 3.20. The zero-order valence-electron chi connectivity index (χ0n) is 13.5. The van der Waals surface area contributed by atoms with Crippen LogP contribution in [-0.2, 0) is 0 Å². The van der Waals surface area contributed by atoms with E-state index in [0.29, 0.717) is 12.0 Å². The molecule has 16 heavy (non-hydrogen) atoms. The van der Waals surface area contributed by atoms with Crippen molar-refractivity contribution < 1.29 is 1.37 Å². The molecule has 1 nitrogen and oxygen atoms in total. The zero-order chi connectivity index (χ0) is 13.6. The Balaban J connectivity index is 2.96. The lowest BCUT2D eigenvalue weighted by molar-refractivity contribution is -0.0231. The van der Waals surface area contributed by atoms with Gasteiger partial charge in [-0.3, -0.25) is 4.90 Å². The highest BCUT2D eigenvalue weighted by molar-refractivity contribution is 4.93. The molecule has 3 atom stereocenters. The van der Waals surface area contributed by atoms with E-state index in [4.69, 9.17) is 1.37 Å². The van der Waals surface area contributed by atoms with E-state index in [0.717, 1.165) is 13.0 Å². The van der Waals surface area contributed by atoms with E-state index in [-0.39, 0.29) is 16.8 Å². The van der Waals surface area contributed by atoms with Crippen LogP contribution in [-0.4, -0.2) is 23.0 Å². The van der Waals surface area contributed by atoms with Crippen LogP contribution in [0.25, 0.3) is 0 Å². The summed E-state index contributed by atoms with van der Waals surface area (Å²) >= 11 is 0. The molecule has 0 aromatic rings. The average molecular weight is 226 g/mol.